The zero-order valence-corrected chi connectivity index (χ0v) is 25.8. The van der Waals surface area contributed by atoms with E-state index < -0.39 is 65.1 Å². The van der Waals surface area contributed by atoms with Crippen molar-refractivity contribution in [2.45, 2.75) is 51.2 Å². The average Bonchev–Trinajstić information content (AvgIpc) is 3.00. The molecule has 0 radical (unpaired) electrons. The predicted octanol–water partition coefficient (Wildman–Crippen LogP) is 5.95. The highest BCUT2D eigenvalue weighted by Gasteiger charge is 2.37. The zero-order chi connectivity index (χ0) is 35.3. The van der Waals surface area contributed by atoms with Crippen LogP contribution < -0.4 is 24.3 Å². The summed E-state index contributed by atoms with van der Waals surface area (Å²) in [7, 11) is 3.47. The fraction of sp³-hybridized carbons (Fsp3) is 0.355. The Morgan fingerprint density at radius 2 is 1.26 bits per heavy atom. The molecule has 0 aliphatic heterocycles. The molecule has 2 atom stereocenters. The maximum atomic E-state index is 13.5. The van der Waals surface area contributed by atoms with Gasteiger partial charge in [0.2, 0.25) is 5.75 Å². The normalized spacial score (nSPS) is 13.0. The molecule has 0 aliphatic rings. The number of esters is 2. The molecule has 16 heteroatoms. The van der Waals surface area contributed by atoms with Gasteiger partial charge in [-0.25, -0.2) is 9.78 Å². The van der Waals surface area contributed by atoms with Crippen LogP contribution in [0.4, 0.5) is 26.3 Å². The Bertz CT molecular complexity index is 1560. The number of nitrogens with one attached hydrogen (secondary N) is 1. The van der Waals surface area contributed by atoms with E-state index in [9.17, 15) is 40.7 Å². The Morgan fingerprint density at radius 3 is 1.68 bits per heavy atom. The van der Waals surface area contributed by atoms with Crippen LogP contribution in [0.2, 0.25) is 0 Å². The molecule has 0 spiro atoms. The Kier molecular flexibility index (Phi) is 11.3. The lowest BCUT2D eigenvalue weighted by Gasteiger charge is -2.29. The highest BCUT2D eigenvalue weighted by atomic mass is 19.4. The summed E-state index contributed by atoms with van der Waals surface area (Å²) in [6, 6.07) is 4.98. The van der Waals surface area contributed by atoms with E-state index in [1.807, 2.05) is 0 Å². The first-order valence-electron chi connectivity index (χ1n) is 13.7. The molecule has 254 valence electrons. The third-order valence-corrected chi connectivity index (χ3v) is 6.81. The van der Waals surface area contributed by atoms with Crippen molar-refractivity contribution in [1.29, 1.82) is 0 Å². The summed E-state index contributed by atoms with van der Waals surface area (Å²) in [6.07, 6.45) is -9.58. The van der Waals surface area contributed by atoms with Gasteiger partial charge in [0.15, 0.2) is 11.4 Å². The number of pyridine rings is 1. The summed E-state index contributed by atoms with van der Waals surface area (Å²) in [4.78, 5) is 41.8. The summed E-state index contributed by atoms with van der Waals surface area (Å²) >= 11 is 0. The molecule has 3 aromatic rings. The van der Waals surface area contributed by atoms with Crippen LogP contribution in [0.15, 0.2) is 48.7 Å². The van der Waals surface area contributed by atoms with Crippen molar-refractivity contribution in [2.24, 2.45) is 0 Å². The van der Waals surface area contributed by atoms with Crippen molar-refractivity contribution in [3.8, 4) is 23.0 Å². The van der Waals surface area contributed by atoms with Gasteiger partial charge in [-0.05, 0) is 38.1 Å². The fourth-order valence-electron chi connectivity index (χ4n) is 4.63. The van der Waals surface area contributed by atoms with Gasteiger partial charge in [0.1, 0.15) is 23.6 Å². The van der Waals surface area contributed by atoms with Crippen LogP contribution in [0.3, 0.4) is 0 Å². The molecular formula is C31H30F6N2O8. The number of alkyl halides is 6. The van der Waals surface area contributed by atoms with Gasteiger partial charge in [0.05, 0.1) is 38.4 Å². The Balaban J connectivity index is 2.01. The van der Waals surface area contributed by atoms with E-state index in [0.29, 0.717) is 12.1 Å². The van der Waals surface area contributed by atoms with Crippen LogP contribution in [0, 0.1) is 0 Å². The fourth-order valence-corrected chi connectivity index (χ4v) is 4.63. The molecule has 1 amide bonds. The van der Waals surface area contributed by atoms with E-state index in [4.69, 9.17) is 23.7 Å². The molecule has 0 aliphatic carbocycles. The van der Waals surface area contributed by atoms with Crippen LogP contribution >= 0.6 is 0 Å². The molecule has 2 aromatic carbocycles. The molecular weight excluding hydrogens is 642 g/mol. The number of hydrogen-bond acceptors (Lipinski definition) is 9. The zero-order valence-electron chi connectivity index (χ0n) is 25.8. The first-order valence-corrected chi connectivity index (χ1v) is 13.7. The van der Waals surface area contributed by atoms with Gasteiger partial charge in [-0.3, -0.25) is 9.59 Å². The maximum absolute atomic E-state index is 13.5. The summed E-state index contributed by atoms with van der Waals surface area (Å²) < 4.78 is 107. The number of rotatable bonds is 11. The lowest BCUT2D eigenvalue weighted by atomic mass is 9.84. The van der Waals surface area contributed by atoms with Crippen LogP contribution in [0.5, 0.6) is 23.0 Å². The lowest BCUT2D eigenvalue weighted by Crippen LogP contribution is -2.41. The Labute approximate surface area is 264 Å². The number of halogens is 6. The smallest absolute Gasteiger partial charge is 0.416 e. The molecule has 3 rings (SSSR count). The van der Waals surface area contributed by atoms with Crippen molar-refractivity contribution in [2.75, 3.05) is 21.3 Å². The molecule has 0 fully saturated rings. The van der Waals surface area contributed by atoms with Gasteiger partial charge in [-0.1, -0.05) is 12.1 Å². The number of carbonyl (C=O) groups excluding carboxylic acids is 3. The second-order valence-electron chi connectivity index (χ2n) is 10.0. The number of ether oxygens (including phenoxy) is 5. The number of carbonyl (C=O) groups is 3. The highest BCUT2D eigenvalue weighted by Crippen LogP contribution is 2.44. The largest absolute Gasteiger partial charge is 0.496 e. The van der Waals surface area contributed by atoms with Crippen molar-refractivity contribution < 1.29 is 64.4 Å². The summed E-state index contributed by atoms with van der Waals surface area (Å²) in [6.45, 7) is 3.70. The van der Waals surface area contributed by atoms with Crippen molar-refractivity contribution in [3.63, 3.8) is 0 Å². The second kappa shape index (κ2) is 14.6. The monoisotopic (exact) mass is 672 g/mol. The van der Waals surface area contributed by atoms with E-state index in [0.717, 1.165) is 45.4 Å². The van der Waals surface area contributed by atoms with Gasteiger partial charge in [0.25, 0.3) is 5.91 Å². The minimum Gasteiger partial charge on any atom is -0.496 e. The SMILES string of the molecule is COc1cc(C(F)(F)F)ccc1C(c1ccc(C(F)(F)F)cc1OC)[C@H](C)OC(=O)[C@H](C)NC(=O)c1nccc(OC)c1OC(C)=O. The average molecular weight is 673 g/mol. The van der Waals surface area contributed by atoms with Crippen molar-refractivity contribution >= 4 is 17.8 Å². The number of methoxy groups -OCH3 is 3. The molecule has 10 nitrogen and oxygen atoms in total. The van der Waals surface area contributed by atoms with Gasteiger partial charge >= 0.3 is 24.3 Å². The van der Waals surface area contributed by atoms with E-state index in [1.54, 1.807) is 0 Å². The number of hydrogen-bond donors (Lipinski definition) is 1. The topological polar surface area (TPSA) is 122 Å². The Hall–Kier alpha value is -5.02. The highest BCUT2D eigenvalue weighted by molar-refractivity contribution is 5.98. The second-order valence-corrected chi connectivity index (χ2v) is 10.0. The van der Waals surface area contributed by atoms with Crippen molar-refractivity contribution in [3.05, 3.63) is 76.6 Å². The first kappa shape index (κ1) is 36.4. The van der Waals surface area contributed by atoms with E-state index in [2.05, 4.69) is 10.3 Å². The molecule has 1 N–H and O–H groups in total. The van der Waals surface area contributed by atoms with Gasteiger partial charge in [-0.2, -0.15) is 26.3 Å². The predicted molar refractivity (Wildman–Crippen MR) is 152 cm³/mol. The van der Waals surface area contributed by atoms with E-state index >= 15 is 0 Å². The van der Waals surface area contributed by atoms with Crippen molar-refractivity contribution in [1.82, 2.24) is 10.3 Å². The molecule has 1 aromatic heterocycles. The van der Waals surface area contributed by atoms with Crippen LogP contribution in [0.1, 0.15) is 59.4 Å². The number of aromatic nitrogens is 1. The molecule has 0 unspecified atom stereocenters. The summed E-state index contributed by atoms with van der Waals surface area (Å²) in [5.74, 6) is -4.90. The lowest BCUT2D eigenvalue weighted by molar-refractivity contribution is -0.150. The Morgan fingerprint density at radius 1 is 0.766 bits per heavy atom. The molecule has 0 saturated carbocycles. The minimum atomic E-state index is -4.74. The molecule has 47 heavy (non-hydrogen) atoms. The third kappa shape index (κ3) is 8.62. The summed E-state index contributed by atoms with van der Waals surface area (Å²) in [5.41, 5.74) is -2.45. The minimum absolute atomic E-state index is 0.00280. The molecule has 1 heterocycles. The summed E-state index contributed by atoms with van der Waals surface area (Å²) in [5, 5.41) is 2.36. The molecule has 0 saturated heterocycles. The first-order chi connectivity index (χ1) is 21.9. The maximum Gasteiger partial charge on any atom is 0.416 e. The van der Waals surface area contributed by atoms with Gasteiger partial charge < -0.3 is 29.0 Å². The molecule has 0 bridgehead atoms. The van der Waals surface area contributed by atoms with Crippen LogP contribution in [-0.2, 0) is 26.7 Å². The van der Waals surface area contributed by atoms with Crippen LogP contribution in [-0.4, -0.2) is 56.3 Å². The van der Waals surface area contributed by atoms with Gasteiger partial charge in [0, 0.05) is 30.3 Å². The van der Waals surface area contributed by atoms with Crippen LogP contribution in [0.25, 0.3) is 0 Å². The number of nitrogens with zero attached hydrogens (tertiary/aromatic N) is 1. The standard InChI is InChI=1S/C31H30F6N2O8/c1-15(39-28(41)26-27(47-17(3)40)22(43-4)11-12-38-26)29(42)46-16(2)25(20-9-7-18(30(32,33)34)13-23(20)44-5)21-10-8-19(31(35,36)37)14-24(21)45-6/h7-16,25H,1-6H3,(H,39,41)/t15-,16-/m0/s1. The number of amides is 1. The number of benzene rings is 2. The van der Waals surface area contributed by atoms with E-state index in [1.165, 1.54) is 33.2 Å². The third-order valence-electron chi connectivity index (χ3n) is 6.81. The van der Waals surface area contributed by atoms with Gasteiger partial charge in [-0.15, -0.1) is 0 Å². The van der Waals surface area contributed by atoms with E-state index in [-0.39, 0.29) is 34.1 Å². The quantitative estimate of drug-likeness (QED) is 0.195.